The number of halogens is 1. The maximum absolute atomic E-state index is 5.95. The monoisotopic (exact) mass is 168 g/mol. The van der Waals surface area contributed by atoms with Gasteiger partial charge in [0.2, 0.25) is 0 Å². The van der Waals surface area contributed by atoms with Gasteiger partial charge in [-0.05, 0) is 30.0 Å². The highest BCUT2D eigenvalue weighted by atomic mass is 35.5. The molecule has 0 saturated heterocycles. The number of benzene rings is 1. The second-order valence-corrected chi connectivity index (χ2v) is 3.04. The summed E-state index contributed by atoms with van der Waals surface area (Å²) in [6.07, 6.45) is 2.11. The summed E-state index contributed by atoms with van der Waals surface area (Å²) in [6.45, 7) is 4.28. The molecule has 0 unspecified atom stereocenters. The molecule has 0 aromatic heterocycles. The van der Waals surface area contributed by atoms with Crippen LogP contribution in [-0.2, 0) is 12.8 Å². The Morgan fingerprint density at radius 3 is 2.45 bits per heavy atom. The van der Waals surface area contributed by atoms with Gasteiger partial charge in [0.15, 0.2) is 0 Å². The lowest BCUT2D eigenvalue weighted by Crippen LogP contribution is -1.86. The lowest BCUT2D eigenvalue weighted by atomic mass is 10.1. The lowest BCUT2D eigenvalue weighted by molar-refractivity contribution is 1.09. The Hall–Kier alpha value is -0.490. The molecule has 0 heterocycles. The van der Waals surface area contributed by atoms with Gasteiger partial charge in [-0.15, -0.1) is 0 Å². The van der Waals surface area contributed by atoms with E-state index in [0.717, 1.165) is 17.9 Å². The van der Waals surface area contributed by atoms with E-state index in [1.165, 1.54) is 11.1 Å². The predicted molar refractivity (Wildman–Crippen MR) is 50.2 cm³/mol. The maximum Gasteiger partial charge on any atom is 0.0438 e. The first-order valence-corrected chi connectivity index (χ1v) is 4.43. The van der Waals surface area contributed by atoms with Gasteiger partial charge in [0, 0.05) is 5.02 Å². The minimum atomic E-state index is 0.893. The summed E-state index contributed by atoms with van der Waals surface area (Å²) in [6, 6.07) is 6.25. The largest absolute Gasteiger partial charge is 0.0840 e. The SMILES string of the molecule is CCc1ccc(Cl)c(CC)c1. The average molecular weight is 169 g/mol. The van der Waals surface area contributed by atoms with Gasteiger partial charge in [-0.3, -0.25) is 0 Å². The van der Waals surface area contributed by atoms with Crippen LogP contribution in [0.5, 0.6) is 0 Å². The Kier molecular flexibility index (Phi) is 2.95. The number of hydrogen-bond acceptors (Lipinski definition) is 0. The standard InChI is InChI=1S/C10H13Cl/c1-3-8-5-6-10(11)9(4-2)7-8/h5-7H,3-4H2,1-2H3. The van der Waals surface area contributed by atoms with Crippen molar-refractivity contribution in [1.29, 1.82) is 0 Å². The molecule has 0 N–H and O–H groups in total. The fourth-order valence-electron chi connectivity index (χ4n) is 1.12. The summed E-state index contributed by atoms with van der Waals surface area (Å²) >= 11 is 5.95. The molecule has 0 aliphatic carbocycles. The van der Waals surface area contributed by atoms with Crippen LogP contribution in [0.1, 0.15) is 25.0 Å². The third-order valence-corrected chi connectivity index (χ3v) is 2.27. The fraction of sp³-hybridized carbons (Fsp3) is 0.400. The van der Waals surface area contributed by atoms with Crippen molar-refractivity contribution in [2.75, 3.05) is 0 Å². The van der Waals surface area contributed by atoms with Crippen LogP contribution in [0.3, 0.4) is 0 Å². The first-order chi connectivity index (χ1) is 5.27. The minimum Gasteiger partial charge on any atom is -0.0840 e. The summed E-state index contributed by atoms with van der Waals surface area (Å²) in [5.41, 5.74) is 2.62. The molecule has 60 valence electrons. The van der Waals surface area contributed by atoms with Gasteiger partial charge in [-0.2, -0.15) is 0 Å². The van der Waals surface area contributed by atoms with E-state index in [0.29, 0.717) is 0 Å². The van der Waals surface area contributed by atoms with Gasteiger partial charge in [0.1, 0.15) is 0 Å². The van der Waals surface area contributed by atoms with Crippen molar-refractivity contribution in [2.45, 2.75) is 26.7 Å². The van der Waals surface area contributed by atoms with Crippen LogP contribution in [0, 0.1) is 0 Å². The molecule has 0 amide bonds. The number of hydrogen-bond donors (Lipinski definition) is 0. The van der Waals surface area contributed by atoms with E-state index >= 15 is 0 Å². The predicted octanol–water partition coefficient (Wildman–Crippen LogP) is 3.46. The van der Waals surface area contributed by atoms with Gasteiger partial charge in [0.05, 0.1) is 0 Å². The Morgan fingerprint density at radius 2 is 1.91 bits per heavy atom. The molecule has 1 aromatic carbocycles. The first-order valence-electron chi connectivity index (χ1n) is 4.05. The fourth-order valence-corrected chi connectivity index (χ4v) is 1.37. The highest BCUT2D eigenvalue weighted by Crippen LogP contribution is 2.18. The lowest BCUT2D eigenvalue weighted by Gasteiger charge is -2.02. The Morgan fingerprint density at radius 1 is 1.18 bits per heavy atom. The van der Waals surface area contributed by atoms with Gasteiger partial charge >= 0.3 is 0 Å². The van der Waals surface area contributed by atoms with Gasteiger partial charge in [0.25, 0.3) is 0 Å². The topological polar surface area (TPSA) is 0 Å². The zero-order chi connectivity index (χ0) is 8.27. The van der Waals surface area contributed by atoms with E-state index in [1.54, 1.807) is 0 Å². The van der Waals surface area contributed by atoms with E-state index in [9.17, 15) is 0 Å². The van der Waals surface area contributed by atoms with Crippen molar-refractivity contribution in [3.63, 3.8) is 0 Å². The van der Waals surface area contributed by atoms with E-state index in [4.69, 9.17) is 11.6 Å². The Labute approximate surface area is 73.2 Å². The van der Waals surface area contributed by atoms with Crippen molar-refractivity contribution >= 4 is 11.6 Å². The van der Waals surface area contributed by atoms with Gasteiger partial charge in [-0.25, -0.2) is 0 Å². The van der Waals surface area contributed by atoms with Crippen molar-refractivity contribution in [3.8, 4) is 0 Å². The second kappa shape index (κ2) is 3.77. The van der Waals surface area contributed by atoms with Crippen LogP contribution in [0.25, 0.3) is 0 Å². The third kappa shape index (κ3) is 1.97. The molecule has 1 rings (SSSR count). The average Bonchev–Trinajstić information content (AvgIpc) is 2.05. The summed E-state index contributed by atoms with van der Waals surface area (Å²) in [5.74, 6) is 0. The normalized spacial score (nSPS) is 10.1. The molecule has 0 fully saturated rings. The second-order valence-electron chi connectivity index (χ2n) is 2.63. The van der Waals surface area contributed by atoms with E-state index < -0.39 is 0 Å². The molecule has 0 saturated carbocycles. The van der Waals surface area contributed by atoms with Crippen molar-refractivity contribution in [1.82, 2.24) is 0 Å². The zero-order valence-electron chi connectivity index (χ0n) is 7.02. The highest BCUT2D eigenvalue weighted by molar-refractivity contribution is 6.31. The van der Waals surface area contributed by atoms with Crippen LogP contribution in [-0.4, -0.2) is 0 Å². The summed E-state index contributed by atoms with van der Waals surface area (Å²) in [4.78, 5) is 0. The molecule has 0 nitrogen and oxygen atoms in total. The molecule has 0 radical (unpaired) electrons. The molecule has 11 heavy (non-hydrogen) atoms. The Balaban J connectivity index is 3.02. The smallest absolute Gasteiger partial charge is 0.0438 e. The first kappa shape index (κ1) is 8.61. The molecule has 0 aliphatic rings. The maximum atomic E-state index is 5.95. The van der Waals surface area contributed by atoms with Crippen LogP contribution in [0.2, 0.25) is 5.02 Å². The molecule has 1 heteroatoms. The molecule has 0 bridgehead atoms. The van der Waals surface area contributed by atoms with Crippen molar-refractivity contribution in [2.24, 2.45) is 0 Å². The Bertz CT molecular complexity index is 241. The molecular weight excluding hydrogens is 156 g/mol. The van der Waals surface area contributed by atoms with Crippen LogP contribution < -0.4 is 0 Å². The molecule has 0 spiro atoms. The van der Waals surface area contributed by atoms with E-state index in [-0.39, 0.29) is 0 Å². The highest BCUT2D eigenvalue weighted by Gasteiger charge is 1.97. The third-order valence-electron chi connectivity index (χ3n) is 1.90. The zero-order valence-corrected chi connectivity index (χ0v) is 7.78. The molecule has 0 aliphatic heterocycles. The van der Waals surface area contributed by atoms with Crippen LogP contribution in [0.15, 0.2) is 18.2 Å². The van der Waals surface area contributed by atoms with Crippen molar-refractivity contribution < 1.29 is 0 Å². The summed E-state index contributed by atoms with van der Waals surface area (Å²) in [7, 11) is 0. The van der Waals surface area contributed by atoms with E-state index in [1.807, 2.05) is 6.07 Å². The summed E-state index contributed by atoms with van der Waals surface area (Å²) in [5, 5.41) is 0.893. The minimum absolute atomic E-state index is 0.893. The molecular formula is C10H13Cl. The molecule has 0 atom stereocenters. The van der Waals surface area contributed by atoms with Gasteiger partial charge < -0.3 is 0 Å². The van der Waals surface area contributed by atoms with Crippen LogP contribution in [0.4, 0.5) is 0 Å². The molecule has 1 aromatic rings. The van der Waals surface area contributed by atoms with Gasteiger partial charge in [-0.1, -0.05) is 37.6 Å². The summed E-state index contributed by atoms with van der Waals surface area (Å²) < 4.78 is 0. The van der Waals surface area contributed by atoms with E-state index in [2.05, 4.69) is 26.0 Å². The quantitative estimate of drug-likeness (QED) is 0.635. The number of aryl methyl sites for hydroxylation is 2. The van der Waals surface area contributed by atoms with Crippen molar-refractivity contribution in [3.05, 3.63) is 34.3 Å². The number of rotatable bonds is 2. The van der Waals surface area contributed by atoms with Crippen LogP contribution >= 0.6 is 11.6 Å².